The van der Waals surface area contributed by atoms with Gasteiger partial charge in [-0.15, -0.1) is 11.3 Å². The Balaban J connectivity index is 2.31. The maximum atomic E-state index is 11.2. The van der Waals surface area contributed by atoms with E-state index in [9.17, 15) is 4.79 Å². The molecule has 0 aliphatic carbocycles. The van der Waals surface area contributed by atoms with Gasteiger partial charge in [0.2, 0.25) is 0 Å². The number of thiazole rings is 1. The number of carbonyl (C=O) groups is 1. The summed E-state index contributed by atoms with van der Waals surface area (Å²) in [6.45, 7) is 5.82. The van der Waals surface area contributed by atoms with Crippen LogP contribution in [-0.2, 0) is 9.53 Å². The Hall–Kier alpha value is -0.810. The Morgan fingerprint density at radius 2 is 2.57 bits per heavy atom. The van der Waals surface area contributed by atoms with E-state index >= 15 is 0 Å². The molecule has 0 unspecified atom stereocenters. The molecule has 0 spiro atoms. The minimum absolute atomic E-state index is 0.323. The van der Waals surface area contributed by atoms with Crippen LogP contribution in [0.15, 0.2) is 28.1 Å². The van der Waals surface area contributed by atoms with Crippen LogP contribution in [-0.4, -0.2) is 23.3 Å². The van der Waals surface area contributed by atoms with Crippen LogP contribution in [0.4, 0.5) is 0 Å². The quantitative estimate of drug-likeness (QED) is 0.441. The molecule has 0 N–H and O–H groups in total. The van der Waals surface area contributed by atoms with Crippen molar-refractivity contribution < 1.29 is 9.53 Å². The molecule has 5 heteroatoms. The molecule has 1 heterocycles. The summed E-state index contributed by atoms with van der Waals surface area (Å²) in [5, 5.41) is 1.90. The van der Waals surface area contributed by atoms with Crippen molar-refractivity contribution in [3.05, 3.63) is 23.7 Å². The predicted molar refractivity (Wildman–Crippen MR) is 58.6 cm³/mol. The number of thioether (sulfide) groups is 1. The molecule has 1 aromatic rings. The second kappa shape index (κ2) is 5.82. The first-order chi connectivity index (χ1) is 6.74. The maximum absolute atomic E-state index is 11.2. The van der Waals surface area contributed by atoms with E-state index in [1.165, 1.54) is 11.8 Å². The summed E-state index contributed by atoms with van der Waals surface area (Å²) in [5.41, 5.74) is 0.479. The summed E-state index contributed by atoms with van der Waals surface area (Å²) >= 11 is 3.05. The van der Waals surface area contributed by atoms with Gasteiger partial charge in [0, 0.05) is 22.9 Å². The smallest absolute Gasteiger partial charge is 0.334 e. The van der Waals surface area contributed by atoms with Gasteiger partial charge >= 0.3 is 5.97 Å². The minimum atomic E-state index is -0.323. The summed E-state index contributed by atoms with van der Waals surface area (Å²) in [6.07, 6.45) is 1.74. The number of nitrogens with zero attached hydrogens (tertiary/aromatic N) is 1. The summed E-state index contributed by atoms with van der Waals surface area (Å²) in [7, 11) is 0. The van der Waals surface area contributed by atoms with E-state index in [4.69, 9.17) is 4.74 Å². The standard InChI is InChI=1S/C9H11NO2S2/c1-3-12-8(11)7(2)6-14-9-10-4-5-13-9/h4-5H,2-3,6H2,1H3. The number of hydrogen-bond donors (Lipinski definition) is 0. The zero-order valence-corrected chi connectivity index (χ0v) is 9.49. The van der Waals surface area contributed by atoms with Gasteiger partial charge in [-0.2, -0.15) is 0 Å². The molecule has 0 aromatic carbocycles. The van der Waals surface area contributed by atoms with Crippen LogP contribution in [0.3, 0.4) is 0 Å². The van der Waals surface area contributed by atoms with Crippen molar-refractivity contribution in [2.75, 3.05) is 12.4 Å². The Bertz CT molecular complexity index is 309. The fourth-order valence-corrected chi connectivity index (χ4v) is 2.25. The monoisotopic (exact) mass is 229 g/mol. The first-order valence-electron chi connectivity index (χ1n) is 4.11. The number of esters is 1. The van der Waals surface area contributed by atoms with Gasteiger partial charge in [0.05, 0.1) is 6.61 Å². The third-order valence-electron chi connectivity index (χ3n) is 1.34. The highest BCUT2D eigenvalue weighted by Gasteiger charge is 2.08. The fourth-order valence-electron chi connectivity index (χ4n) is 0.723. The Kier molecular flexibility index (Phi) is 4.69. The van der Waals surface area contributed by atoms with Crippen molar-refractivity contribution in [3.63, 3.8) is 0 Å². The van der Waals surface area contributed by atoms with Crippen LogP contribution in [0, 0.1) is 0 Å². The third-order valence-corrected chi connectivity index (χ3v) is 3.40. The molecular weight excluding hydrogens is 218 g/mol. The molecule has 0 atom stereocenters. The molecule has 0 radical (unpaired) electrons. The topological polar surface area (TPSA) is 39.2 Å². The van der Waals surface area contributed by atoms with Gasteiger partial charge in [-0.25, -0.2) is 9.78 Å². The largest absolute Gasteiger partial charge is 0.463 e. The van der Waals surface area contributed by atoms with Gasteiger partial charge in [-0.3, -0.25) is 0 Å². The lowest BCUT2D eigenvalue weighted by atomic mass is 10.4. The van der Waals surface area contributed by atoms with E-state index < -0.39 is 0 Å². The average molecular weight is 229 g/mol. The molecule has 76 valence electrons. The van der Waals surface area contributed by atoms with Crippen LogP contribution >= 0.6 is 23.1 Å². The van der Waals surface area contributed by atoms with Crippen molar-refractivity contribution >= 4 is 29.1 Å². The van der Waals surface area contributed by atoms with E-state index in [1.807, 2.05) is 5.38 Å². The molecule has 14 heavy (non-hydrogen) atoms. The average Bonchev–Trinajstić information content (AvgIpc) is 2.67. The molecule has 0 saturated heterocycles. The number of aromatic nitrogens is 1. The molecule has 0 fully saturated rings. The van der Waals surface area contributed by atoms with Gasteiger partial charge in [-0.05, 0) is 6.92 Å². The molecule has 0 amide bonds. The van der Waals surface area contributed by atoms with Crippen LogP contribution < -0.4 is 0 Å². The molecule has 0 saturated carbocycles. The second-order valence-electron chi connectivity index (χ2n) is 2.41. The number of ether oxygens (including phenoxy) is 1. The SMILES string of the molecule is C=C(CSc1nccs1)C(=O)OCC. The molecular formula is C9H11NO2S2. The van der Waals surface area contributed by atoms with E-state index in [2.05, 4.69) is 11.6 Å². The van der Waals surface area contributed by atoms with Crippen molar-refractivity contribution in [2.45, 2.75) is 11.3 Å². The fraction of sp³-hybridized carbons (Fsp3) is 0.333. The number of hydrogen-bond acceptors (Lipinski definition) is 5. The first kappa shape index (κ1) is 11.3. The summed E-state index contributed by atoms with van der Waals surface area (Å²) in [5.74, 6) is 0.211. The van der Waals surface area contributed by atoms with Crippen molar-refractivity contribution in [1.29, 1.82) is 0 Å². The van der Waals surface area contributed by atoms with Crippen molar-refractivity contribution in [2.24, 2.45) is 0 Å². The van der Waals surface area contributed by atoms with E-state index in [-0.39, 0.29) is 5.97 Å². The lowest BCUT2D eigenvalue weighted by molar-refractivity contribution is -0.138. The van der Waals surface area contributed by atoms with E-state index in [0.29, 0.717) is 17.9 Å². The van der Waals surface area contributed by atoms with Gasteiger partial charge in [0.15, 0.2) is 0 Å². The predicted octanol–water partition coefficient (Wildman–Crippen LogP) is 2.35. The second-order valence-corrected chi connectivity index (χ2v) is 4.53. The summed E-state index contributed by atoms with van der Waals surface area (Å²) in [6, 6.07) is 0. The van der Waals surface area contributed by atoms with Crippen molar-refractivity contribution in [1.82, 2.24) is 4.98 Å². The van der Waals surface area contributed by atoms with Crippen LogP contribution in [0.25, 0.3) is 0 Å². The number of rotatable bonds is 5. The van der Waals surface area contributed by atoms with E-state index in [0.717, 1.165) is 4.34 Å². The molecule has 1 aromatic heterocycles. The highest BCUT2D eigenvalue weighted by Crippen LogP contribution is 2.22. The van der Waals surface area contributed by atoms with Gasteiger partial charge in [0.1, 0.15) is 4.34 Å². The lowest BCUT2D eigenvalue weighted by Crippen LogP contribution is -2.08. The maximum Gasteiger partial charge on any atom is 0.334 e. The summed E-state index contributed by atoms with van der Waals surface area (Å²) in [4.78, 5) is 15.2. The zero-order valence-electron chi connectivity index (χ0n) is 7.86. The van der Waals surface area contributed by atoms with Crippen LogP contribution in [0.2, 0.25) is 0 Å². The highest BCUT2D eigenvalue weighted by molar-refractivity contribution is 8.01. The minimum Gasteiger partial charge on any atom is -0.463 e. The Morgan fingerprint density at radius 1 is 1.79 bits per heavy atom. The van der Waals surface area contributed by atoms with Gasteiger partial charge in [-0.1, -0.05) is 18.3 Å². The Morgan fingerprint density at radius 3 is 3.14 bits per heavy atom. The summed E-state index contributed by atoms with van der Waals surface area (Å²) < 4.78 is 5.74. The van der Waals surface area contributed by atoms with Crippen molar-refractivity contribution in [3.8, 4) is 0 Å². The third kappa shape index (κ3) is 3.51. The van der Waals surface area contributed by atoms with Crippen LogP contribution in [0.5, 0.6) is 0 Å². The van der Waals surface area contributed by atoms with Gasteiger partial charge < -0.3 is 4.74 Å². The molecule has 3 nitrogen and oxygen atoms in total. The highest BCUT2D eigenvalue weighted by atomic mass is 32.2. The molecule has 0 aliphatic heterocycles. The zero-order chi connectivity index (χ0) is 10.4. The number of carbonyl (C=O) groups excluding carboxylic acids is 1. The first-order valence-corrected chi connectivity index (χ1v) is 5.97. The Labute approximate surface area is 91.2 Å². The molecule has 0 bridgehead atoms. The lowest BCUT2D eigenvalue weighted by Gasteiger charge is -2.02. The van der Waals surface area contributed by atoms with Gasteiger partial charge in [0.25, 0.3) is 0 Å². The normalized spacial score (nSPS) is 9.79. The van der Waals surface area contributed by atoms with E-state index in [1.54, 1.807) is 24.5 Å². The van der Waals surface area contributed by atoms with Crippen LogP contribution in [0.1, 0.15) is 6.92 Å². The molecule has 0 aliphatic rings. The molecule has 1 rings (SSSR count).